The average molecular weight is 345 g/mol. The van der Waals surface area contributed by atoms with Crippen LogP contribution in [0.15, 0.2) is 0 Å². The molecule has 8 heteroatoms. The molecule has 0 aliphatic carbocycles. The highest BCUT2D eigenvalue weighted by Crippen LogP contribution is 2.23. The maximum Gasteiger partial charge on any atom is 0.227 e. The van der Waals surface area contributed by atoms with Crippen LogP contribution >= 0.6 is 0 Å². The number of carbonyl (C=O) groups excluding carboxylic acids is 1. The van der Waals surface area contributed by atoms with Crippen molar-refractivity contribution in [1.29, 1.82) is 0 Å². The molecule has 0 saturated carbocycles. The highest BCUT2D eigenvalue weighted by Gasteiger charge is 2.21. The zero-order valence-corrected chi connectivity index (χ0v) is 15.5. The molecule has 1 saturated heterocycles. The van der Waals surface area contributed by atoms with Crippen LogP contribution in [0, 0.1) is 13.8 Å². The fourth-order valence-electron chi connectivity index (χ4n) is 3.37. The van der Waals surface area contributed by atoms with E-state index in [1.165, 1.54) is 0 Å². The van der Waals surface area contributed by atoms with E-state index in [4.69, 9.17) is 0 Å². The Morgan fingerprint density at radius 1 is 1.20 bits per heavy atom. The van der Waals surface area contributed by atoms with E-state index in [0.29, 0.717) is 24.7 Å². The number of nitrogens with one attached hydrogen (secondary N) is 2. The molecular weight excluding hydrogens is 318 g/mol. The monoisotopic (exact) mass is 345 g/mol. The molecule has 25 heavy (non-hydrogen) atoms. The van der Waals surface area contributed by atoms with Gasteiger partial charge in [0.1, 0.15) is 0 Å². The number of anilines is 1. The van der Waals surface area contributed by atoms with E-state index >= 15 is 0 Å². The predicted octanol–water partition coefficient (Wildman–Crippen LogP) is 1.20. The molecule has 0 aromatic carbocycles. The number of aromatic nitrogens is 5. The fourth-order valence-corrected chi connectivity index (χ4v) is 3.37. The van der Waals surface area contributed by atoms with E-state index in [9.17, 15) is 4.79 Å². The Morgan fingerprint density at radius 2 is 1.92 bits per heavy atom. The number of hydrogen-bond acceptors (Lipinski definition) is 5. The lowest BCUT2D eigenvalue weighted by atomic mass is 9.98. The number of aryl methyl sites for hydroxylation is 3. The van der Waals surface area contributed by atoms with Crippen molar-refractivity contribution in [3.63, 3.8) is 0 Å². The minimum absolute atomic E-state index is 0.0463. The first-order chi connectivity index (χ1) is 12.0. The van der Waals surface area contributed by atoms with Crippen LogP contribution < -0.4 is 10.6 Å². The normalized spacial score (nSPS) is 15.5. The van der Waals surface area contributed by atoms with Crippen molar-refractivity contribution in [3.8, 4) is 0 Å². The molecule has 136 valence electrons. The first-order valence-electron chi connectivity index (χ1n) is 8.86. The van der Waals surface area contributed by atoms with Crippen LogP contribution in [0.4, 0.5) is 5.95 Å². The molecule has 1 fully saturated rings. The molecule has 8 nitrogen and oxygen atoms in total. The number of hydrogen-bond donors (Lipinski definition) is 2. The van der Waals surface area contributed by atoms with Gasteiger partial charge in [0, 0.05) is 32.1 Å². The summed E-state index contributed by atoms with van der Waals surface area (Å²) in [7, 11) is 3.75. The third kappa shape index (κ3) is 3.89. The summed E-state index contributed by atoms with van der Waals surface area (Å²) >= 11 is 0. The number of rotatable bonds is 5. The lowest BCUT2D eigenvalue weighted by molar-refractivity contribution is -0.116. The van der Waals surface area contributed by atoms with Gasteiger partial charge in [-0.25, -0.2) is 4.68 Å². The molecule has 1 aliphatic rings. The van der Waals surface area contributed by atoms with Crippen LogP contribution in [0.3, 0.4) is 0 Å². The van der Waals surface area contributed by atoms with Gasteiger partial charge in [-0.3, -0.25) is 14.8 Å². The van der Waals surface area contributed by atoms with E-state index in [-0.39, 0.29) is 5.91 Å². The van der Waals surface area contributed by atoms with Crippen LogP contribution in [0.1, 0.15) is 48.0 Å². The lowest BCUT2D eigenvalue weighted by Crippen LogP contribution is -2.27. The van der Waals surface area contributed by atoms with Crippen molar-refractivity contribution in [2.24, 2.45) is 14.1 Å². The van der Waals surface area contributed by atoms with Crippen molar-refractivity contribution in [2.45, 2.75) is 45.4 Å². The van der Waals surface area contributed by atoms with Gasteiger partial charge in [-0.15, -0.1) is 0 Å². The first-order valence-corrected chi connectivity index (χ1v) is 8.86. The second kappa shape index (κ2) is 7.35. The smallest absolute Gasteiger partial charge is 0.227 e. The van der Waals surface area contributed by atoms with Gasteiger partial charge in [0.2, 0.25) is 11.9 Å². The minimum Gasteiger partial charge on any atom is -0.317 e. The highest BCUT2D eigenvalue weighted by molar-refractivity contribution is 5.89. The Balaban J connectivity index is 1.60. The second-order valence-corrected chi connectivity index (χ2v) is 6.76. The van der Waals surface area contributed by atoms with Crippen molar-refractivity contribution >= 4 is 11.9 Å². The lowest BCUT2D eigenvalue weighted by Gasteiger charge is -2.19. The molecule has 3 heterocycles. The van der Waals surface area contributed by atoms with Gasteiger partial charge in [-0.2, -0.15) is 15.2 Å². The summed E-state index contributed by atoms with van der Waals surface area (Å²) in [5.41, 5.74) is 3.24. The molecule has 0 spiro atoms. The summed E-state index contributed by atoms with van der Waals surface area (Å²) in [4.78, 5) is 16.9. The maximum atomic E-state index is 12.3. The Kier molecular flexibility index (Phi) is 5.17. The van der Waals surface area contributed by atoms with Crippen molar-refractivity contribution in [1.82, 2.24) is 29.9 Å². The number of amides is 1. The van der Waals surface area contributed by atoms with E-state index < -0.39 is 0 Å². The average Bonchev–Trinajstić information content (AvgIpc) is 3.07. The minimum atomic E-state index is -0.0463. The Labute approximate surface area is 148 Å². The summed E-state index contributed by atoms with van der Waals surface area (Å²) in [6.07, 6.45) is 3.16. The SMILES string of the molecule is Cc1nn(C)c(C)c1CCC(=O)Nc1nc(C2CCNCC2)nn1C. The van der Waals surface area contributed by atoms with Crippen molar-refractivity contribution in [2.75, 3.05) is 18.4 Å². The van der Waals surface area contributed by atoms with Gasteiger partial charge in [-0.05, 0) is 51.8 Å². The summed E-state index contributed by atoms with van der Waals surface area (Å²) in [5, 5.41) is 15.1. The van der Waals surface area contributed by atoms with Crippen molar-refractivity contribution in [3.05, 3.63) is 22.8 Å². The number of piperidine rings is 1. The topological polar surface area (TPSA) is 89.7 Å². The zero-order valence-electron chi connectivity index (χ0n) is 15.5. The second-order valence-electron chi connectivity index (χ2n) is 6.76. The zero-order chi connectivity index (χ0) is 18.0. The van der Waals surface area contributed by atoms with Gasteiger partial charge in [-0.1, -0.05) is 0 Å². The van der Waals surface area contributed by atoms with Crippen molar-refractivity contribution < 1.29 is 4.79 Å². The summed E-state index contributed by atoms with van der Waals surface area (Å²) < 4.78 is 3.52. The van der Waals surface area contributed by atoms with Crippen LogP contribution in [0.25, 0.3) is 0 Å². The van der Waals surface area contributed by atoms with Crippen LogP contribution in [0.2, 0.25) is 0 Å². The highest BCUT2D eigenvalue weighted by atomic mass is 16.1. The van der Waals surface area contributed by atoms with Gasteiger partial charge in [0.25, 0.3) is 0 Å². The molecule has 0 radical (unpaired) electrons. The van der Waals surface area contributed by atoms with E-state index in [2.05, 4.69) is 25.8 Å². The largest absolute Gasteiger partial charge is 0.317 e. The molecule has 0 unspecified atom stereocenters. The van der Waals surface area contributed by atoms with E-state index in [0.717, 1.165) is 48.7 Å². The fraction of sp³-hybridized carbons (Fsp3) is 0.647. The predicted molar refractivity (Wildman–Crippen MR) is 95.5 cm³/mol. The molecule has 1 amide bonds. The Hall–Kier alpha value is -2.22. The molecule has 3 rings (SSSR count). The number of nitrogens with zero attached hydrogens (tertiary/aromatic N) is 5. The quantitative estimate of drug-likeness (QED) is 0.850. The van der Waals surface area contributed by atoms with E-state index in [1.54, 1.807) is 4.68 Å². The molecular formula is C17H27N7O. The van der Waals surface area contributed by atoms with Crippen LogP contribution in [-0.2, 0) is 25.3 Å². The number of carbonyl (C=O) groups is 1. The summed E-state index contributed by atoms with van der Waals surface area (Å²) in [5.74, 6) is 1.69. The van der Waals surface area contributed by atoms with Gasteiger partial charge in [0.15, 0.2) is 5.82 Å². The maximum absolute atomic E-state index is 12.3. The molecule has 2 N–H and O–H groups in total. The molecule has 0 atom stereocenters. The van der Waals surface area contributed by atoms with E-state index in [1.807, 2.05) is 32.6 Å². The Bertz CT molecular complexity index is 755. The standard InChI is InChI=1S/C17H27N7O/c1-11-14(12(2)23(3)21-11)5-6-15(25)19-17-20-16(22-24(17)4)13-7-9-18-10-8-13/h13,18H,5-10H2,1-4H3,(H,19,20,22,25). The van der Waals surface area contributed by atoms with Gasteiger partial charge in [0.05, 0.1) is 5.69 Å². The molecule has 2 aromatic rings. The molecule has 0 bridgehead atoms. The molecule has 2 aromatic heterocycles. The molecule has 1 aliphatic heterocycles. The van der Waals surface area contributed by atoms with Crippen LogP contribution in [-0.4, -0.2) is 43.5 Å². The third-order valence-corrected chi connectivity index (χ3v) is 5.00. The Morgan fingerprint density at radius 3 is 2.56 bits per heavy atom. The third-order valence-electron chi connectivity index (χ3n) is 5.00. The van der Waals surface area contributed by atoms with Crippen LogP contribution in [0.5, 0.6) is 0 Å². The summed E-state index contributed by atoms with van der Waals surface area (Å²) in [6.45, 7) is 6.00. The van der Waals surface area contributed by atoms with Gasteiger partial charge < -0.3 is 5.32 Å². The summed E-state index contributed by atoms with van der Waals surface area (Å²) in [6, 6.07) is 0. The first kappa shape index (κ1) is 17.6. The van der Waals surface area contributed by atoms with Gasteiger partial charge >= 0.3 is 0 Å².